The molecule has 0 aliphatic rings. The van der Waals surface area contributed by atoms with Crippen LogP contribution in [0.15, 0.2) is 52.8 Å². The van der Waals surface area contributed by atoms with Crippen molar-refractivity contribution in [2.24, 2.45) is 4.99 Å². The van der Waals surface area contributed by atoms with Gasteiger partial charge in [0.2, 0.25) is 5.91 Å². The number of thiophene rings is 1. The fourth-order valence-electron chi connectivity index (χ4n) is 2.27. The molecule has 1 aromatic heterocycles. The van der Waals surface area contributed by atoms with Crippen molar-refractivity contribution in [3.8, 4) is 0 Å². The third-order valence-electron chi connectivity index (χ3n) is 3.71. The van der Waals surface area contributed by atoms with Crippen molar-refractivity contribution in [3.63, 3.8) is 0 Å². The average Bonchev–Trinajstić information content (AvgIpc) is 3.19. The van der Waals surface area contributed by atoms with Crippen LogP contribution in [-0.4, -0.2) is 36.6 Å². The molecule has 0 bridgehead atoms. The Hall–Kier alpha value is -1.65. The number of nitrogens with zero attached hydrogens (tertiary/aromatic N) is 1. The molecule has 1 unspecified atom stereocenters. The first-order valence-corrected chi connectivity index (χ1v) is 9.48. The number of amides is 1. The van der Waals surface area contributed by atoms with Crippen LogP contribution in [0.4, 0.5) is 0 Å². The minimum Gasteiger partial charge on any atom is -0.383 e. The summed E-state index contributed by atoms with van der Waals surface area (Å²) in [6.45, 7) is 5.16. The number of rotatable bonds is 8. The molecule has 2 rings (SSSR count). The van der Waals surface area contributed by atoms with E-state index in [2.05, 4.69) is 20.9 Å². The lowest BCUT2D eigenvalue weighted by Crippen LogP contribution is -2.44. The fraction of sp³-hybridized carbons (Fsp3) is 0.368. The van der Waals surface area contributed by atoms with Crippen molar-refractivity contribution in [1.82, 2.24) is 16.0 Å². The molecule has 2 aromatic rings. The highest BCUT2D eigenvalue weighted by molar-refractivity contribution is 14.0. The molecule has 0 saturated heterocycles. The Labute approximate surface area is 181 Å². The van der Waals surface area contributed by atoms with Gasteiger partial charge in [-0.15, -0.1) is 35.3 Å². The van der Waals surface area contributed by atoms with E-state index in [0.29, 0.717) is 25.6 Å². The molecule has 27 heavy (non-hydrogen) atoms. The van der Waals surface area contributed by atoms with Gasteiger partial charge in [-0.05, 0) is 30.9 Å². The Kier molecular flexibility index (Phi) is 10.3. The van der Waals surface area contributed by atoms with Crippen LogP contribution in [-0.2, 0) is 16.9 Å². The lowest BCUT2D eigenvalue weighted by atomic mass is 10.1. The second kappa shape index (κ2) is 11.9. The summed E-state index contributed by atoms with van der Waals surface area (Å²) >= 11 is 1.50. The molecule has 148 valence electrons. The monoisotopic (exact) mass is 502 g/mol. The van der Waals surface area contributed by atoms with Crippen LogP contribution >= 0.6 is 35.3 Å². The number of aliphatic imine (C=N–C) groups is 1. The maximum atomic E-state index is 12.0. The zero-order valence-electron chi connectivity index (χ0n) is 15.6. The lowest BCUT2D eigenvalue weighted by molar-refractivity contribution is -0.119. The minimum atomic E-state index is -1.00. The molecule has 0 aliphatic heterocycles. The number of aliphatic hydroxyl groups is 1. The van der Waals surface area contributed by atoms with Gasteiger partial charge < -0.3 is 21.1 Å². The molecule has 1 aromatic carbocycles. The maximum absolute atomic E-state index is 12.0. The zero-order chi connectivity index (χ0) is 18.8. The van der Waals surface area contributed by atoms with E-state index >= 15 is 0 Å². The van der Waals surface area contributed by atoms with Crippen LogP contribution in [0.25, 0.3) is 0 Å². The quantitative estimate of drug-likeness (QED) is 0.254. The summed E-state index contributed by atoms with van der Waals surface area (Å²) in [6, 6.07) is 13.5. The fourth-order valence-corrected chi connectivity index (χ4v) is 3.06. The van der Waals surface area contributed by atoms with Gasteiger partial charge in [-0.3, -0.25) is 4.79 Å². The van der Waals surface area contributed by atoms with E-state index in [1.54, 1.807) is 6.92 Å². The van der Waals surface area contributed by atoms with E-state index in [4.69, 9.17) is 0 Å². The highest BCUT2D eigenvalue weighted by Crippen LogP contribution is 2.24. The normalized spacial score (nSPS) is 13.2. The first-order chi connectivity index (χ1) is 12.5. The van der Waals surface area contributed by atoms with Crippen LogP contribution in [0.3, 0.4) is 0 Å². The molecule has 8 heteroatoms. The number of hydrogen-bond donors (Lipinski definition) is 4. The van der Waals surface area contributed by atoms with E-state index in [-0.39, 0.29) is 36.4 Å². The Morgan fingerprint density at radius 3 is 2.52 bits per heavy atom. The van der Waals surface area contributed by atoms with Gasteiger partial charge in [-0.2, -0.15) is 0 Å². The number of guanidine groups is 1. The lowest BCUT2D eigenvalue weighted by Gasteiger charge is -2.23. The third-order valence-corrected chi connectivity index (χ3v) is 4.83. The zero-order valence-corrected chi connectivity index (χ0v) is 18.7. The van der Waals surface area contributed by atoms with E-state index in [9.17, 15) is 9.90 Å². The number of benzene rings is 1. The summed E-state index contributed by atoms with van der Waals surface area (Å²) in [5.74, 6) is 0.343. The summed E-state index contributed by atoms with van der Waals surface area (Å²) in [6.07, 6.45) is 0. The van der Waals surface area contributed by atoms with Gasteiger partial charge in [-0.25, -0.2) is 4.99 Å². The SMILES string of the molecule is CCNC(=NCC(=O)NCc1ccccc1)NCC(C)(O)c1cccs1.I. The molecule has 4 N–H and O–H groups in total. The Morgan fingerprint density at radius 2 is 1.89 bits per heavy atom. The summed E-state index contributed by atoms with van der Waals surface area (Å²) in [5, 5.41) is 21.5. The molecular weight excluding hydrogens is 475 g/mol. The molecule has 0 saturated carbocycles. The molecule has 0 aliphatic carbocycles. The molecule has 0 radical (unpaired) electrons. The predicted molar refractivity (Wildman–Crippen MR) is 122 cm³/mol. The minimum absolute atomic E-state index is 0. The van der Waals surface area contributed by atoms with Gasteiger partial charge in [0.25, 0.3) is 0 Å². The van der Waals surface area contributed by atoms with Crippen molar-refractivity contribution >= 4 is 47.2 Å². The first kappa shape index (κ1) is 23.4. The molecule has 0 fully saturated rings. The second-order valence-corrected chi connectivity index (χ2v) is 7.01. The second-order valence-electron chi connectivity index (χ2n) is 6.06. The van der Waals surface area contributed by atoms with E-state index in [1.165, 1.54) is 11.3 Å². The highest BCUT2D eigenvalue weighted by atomic mass is 127. The van der Waals surface area contributed by atoms with Gasteiger partial charge in [0.15, 0.2) is 5.96 Å². The number of carbonyl (C=O) groups is 1. The van der Waals surface area contributed by atoms with Crippen molar-refractivity contribution < 1.29 is 9.90 Å². The number of carbonyl (C=O) groups excluding carboxylic acids is 1. The van der Waals surface area contributed by atoms with Crippen LogP contribution in [0.5, 0.6) is 0 Å². The molecular formula is C19H27IN4O2S. The predicted octanol–water partition coefficient (Wildman–Crippen LogP) is 2.45. The number of hydrogen-bond acceptors (Lipinski definition) is 4. The summed E-state index contributed by atoms with van der Waals surface area (Å²) in [4.78, 5) is 17.2. The Bertz CT molecular complexity index is 706. The van der Waals surface area contributed by atoms with Crippen LogP contribution < -0.4 is 16.0 Å². The average molecular weight is 502 g/mol. The summed E-state index contributed by atoms with van der Waals surface area (Å²) < 4.78 is 0. The van der Waals surface area contributed by atoms with E-state index in [1.807, 2.05) is 54.8 Å². The number of nitrogens with one attached hydrogen (secondary N) is 3. The van der Waals surface area contributed by atoms with Crippen molar-refractivity contribution in [2.75, 3.05) is 19.6 Å². The van der Waals surface area contributed by atoms with Crippen molar-refractivity contribution in [3.05, 3.63) is 58.3 Å². The molecule has 0 spiro atoms. The van der Waals surface area contributed by atoms with Crippen LogP contribution in [0.2, 0.25) is 0 Å². The van der Waals surface area contributed by atoms with Crippen LogP contribution in [0.1, 0.15) is 24.3 Å². The van der Waals surface area contributed by atoms with Gasteiger partial charge in [-0.1, -0.05) is 36.4 Å². The summed E-state index contributed by atoms with van der Waals surface area (Å²) in [5.41, 5.74) is 0.0433. The van der Waals surface area contributed by atoms with E-state index < -0.39 is 5.60 Å². The van der Waals surface area contributed by atoms with Gasteiger partial charge in [0, 0.05) is 18.0 Å². The van der Waals surface area contributed by atoms with Crippen molar-refractivity contribution in [1.29, 1.82) is 0 Å². The smallest absolute Gasteiger partial charge is 0.242 e. The van der Waals surface area contributed by atoms with Crippen molar-refractivity contribution in [2.45, 2.75) is 26.0 Å². The maximum Gasteiger partial charge on any atom is 0.242 e. The van der Waals surface area contributed by atoms with Gasteiger partial charge in [0.05, 0.1) is 6.54 Å². The molecule has 1 amide bonds. The van der Waals surface area contributed by atoms with Crippen LogP contribution in [0, 0.1) is 0 Å². The summed E-state index contributed by atoms with van der Waals surface area (Å²) in [7, 11) is 0. The first-order valence-electron chi connectivity index (χ1n) is 8.60. The Morgan fingerprint density at radius 1 is 1.15 bits per heavy atom. The standard InChI is InChI=1S/C19H26N4O2S.HI/c1-3-20-18(23-14-19(2,25)16-10-7-11-26-16)22-13-17(24)21-12-15-8-5-4-6-9-15;/h4-11,25H,3,12-14H2,1-2H3,(H,21,24)(H2,20,22,23);1H. The van der Waals surface area contributed by atoms with E-state index in [0.717, 1.165) is 10.4 Å². The van der Waals surface area contributed by atoms with Gasteiger partial charge >= 0.3 is 0 Å². The third kappa shape index (κ3) is 8.27. The topological polar surface area (TPSA) is 85.8 Å². The molecule has 1 heterocycles. The van der Waals surface area contributed by atoms with Gasteiger partial charge in [0.1, 0.15) is 12.1 Å². The molecule has 6 nitrogen and oxygen atoms in total. The number of halogens is 1. The highest BCUT2D eigenvalue weighted by Gasteiger charge is 2.24. The largest absolute Gasteiger partial charge is 0.383 e. The Balaban J connectivity index is 0.00000364. The molecule has 1 atom stereocenters.